The molecule has 1 aliphatic rings. The number of carbonyl (C=O) groups excluding carboxylic acids is 2. The maximum Gasteiger partial charge on any atom is 0.318 e. The van der Waals surface area contributed by atoms with Crippen LogP contribution < -0.4 is 15.5 Å². The van der Waals surface area contributed by atoms with E-state index in [2.05, 4.69) is 25.5 Å². The van der Waals surface area contributed by atoms with E-state index >= 15 is 0 Å². The number of nitrogens with zero attached hydrogens (tertiary/aromatic N) is 3. The second-order valence-electron chi connectivity index (χ2n) is 7.10. The van der Waals surface area contributed by atoms with E-state index in [0.29, 0.717) is 31.9 Å². The fourth-order valence-corrected chi connectivity index (χ4v) is 3.40. The molecule has 3 heterocycles. The first kappa shape index (κ1) is 18.8. The molecule has 3 amide bonds. The molecule has 3 N–H and O–H groups in total. The summed E-state index contributed by atoms with van der Waals surface area (Å²) < 4.78 is 0. The number of amides is 3. The Hall–Kier alpha value is -3.55. The molecule has 29 heavy (non-hydrogen) atoms. The number of nitrogens with one attached hydrogen (secondary N) is 3. The average Bonchev–Trinajstić information content (AvgIpc) is 3.22. The predicted molar refractivity (Wildman–Crippen MR) is 113 cm³/mol. The van der Waals surface area contributed by atoms with Crippen molar-refractivity contribution >= 4 is 34.3 Å². The van der Waals surface area contributed by atoms with E-state index in [1.807, 2.05) is 48.7 Å². The Morgan fingerprint density at radius 3 is 2.69 bits per heavy atom. The van der Waals surface area contributed by atoms with Crippen LogP contribution >= 0.6 is 0 Å². The Morgan fingerprint density at radius 1 is 1.10 bits per heavy atom. The number of anilines is 2. The van der Waals surface area contributed by atoms with Crippen molar-refractivity contribution in [3.05, 3.63) is 54.9 Å². The van der Waals surface area contributed by atoms with Gasteiger partial charge < -0.3 is 25.4 Å². The topological polar surface area (TPSA) is 93.4 Å². The summed E-state index contributed by atoms with van der Waals surface area (Å²) in [6, 6.07) is 12.6. The minimum absolute atomic E-state index is 0.229. The zero-order chi connectivity index (χ0) is 20.2. The van der Waals surface area contributed by atoms with Gasteiger partial charge >= 0.3 is 6.03 Å². The number of H-pyrrole nitrogens is 1. The molecule has 0 unspecified atom stereocenters. The fraction of sp³-hybridized carbons (Fsp3) is 0.286. The van der Waals surface area contributed by atoms with Gasteiger partial charge in [0.1, 0.15) is 11.9 Å². The van der Waals surface area contributed by atoms with Gasteiger partial charge in [0.2, 0.25) is 5.91 Å². The van der Waals surface area contributed by atoms with E-state index in [0.717, 1.165) is 16.7 Å². The molecule has 0 spiro atoms. The van der Waals surface area contributed by atoms with Crippen molar-refractivity contribution in [2.75, 3.05) is 36.4 Å². The minimum Gasteiger partial charge on any atom is -0.361 e. The van der Waals surface area contributed by atoms with Gasteiger partial charge in [-0.15, -0.1) is 0 Å². The highest BCUT2D eigenvalue weighted by molar-refractivity contribution is 5.98. The van der Waals surface area contributed by atoms with Gasteiger partial charge in [0, 0.05) is 49.8 Å². The summed E-state index contributed by atoms with van der Waals surface area (Å²) in [5, 5.41) is 6.72. The second-order valence-corrected chi connectivity index (χ2v) is 7.10. The maximum atomic E-state index is 12.5. The van der Waals surface area contributed by atoms with Gasteiger partial charge in [-0.2, -0.15) is 0 Å². The molecule has 1 atom stereocenters. The molecule has 150 valence electrons. The standard InChI is InChI=1S/C21H24N6O2/c1-15(20(28)25-17-6-5-16-7-9-22-18(16)14-17)24-21(29)27-12-10-26(11-13-27)19-4-2-3-8-23-19/h2-9,14-15,22H,10-13H2,1H3,(H,24,29)(H,25,28)/t15-/m0/s1. The van der Waals surface area contributed by atoms with Gasteiger partial charge in [0.25, 0.3) is 0 Å². The first-order valence-electron chi connectivity index (χ1n) is 9.69. The Morgan fingerprint density at radius 2 is 1.93 bits per heavy atom. The van der Waals surface area contributed by atoms with Crippen molar-refractivity contribution in [3.63, 3.8) is 0 Å². The molecule has 0 bridgehead atoms. The number of fused-ring (bicyclic) bond motifs is 1. The molecule has 0 aliphatic carbocycles. The third kappa shape index (κ3) is 4.31. The lowest BCUT2D eigenvalue weighted by Gasteiger charge is -2.35. The molecule has 0 radical (unpaired) electrons. The molecular formula is C21H24N6O2. The summed E-state index contributed by atoms with van der Waals surface area (Å²) in [7, 11) is 0. The largest absolute Gasteiger partial charge is 0.361 e. The number of pyridine rings is 1. The minimum atomic E-state index is -0.643. The SMILES string of the molecule is C[C@H](NC(=O)N1CCN(c2ccccn2)CC1)C(=O)Nc1ccc2cc[nH]c2c1. The van der Waals surface area contributed by atoms with Crippen molar-refractivity contribution in [3.8, 4) is 0 Å². The summed E-state index contributed by atoms with van der Waals surface area (Å²) in [5.41, 5.74) is 1.64. The first-order valence-corrected chi connectivity index (χ1v) is 9.69. The monoisotopic (exact) mass is 392 g/mol. The number of aromatic nitrogens is 2. The Labute approximate surface area is 168 Å². The number of piperazine rings is 1. The highest BCUT2D eigenvalue weighted by atomic mass is 16.2. The van der Waals surface area contributed by atoms with E-state index in [1.54, 1.807) is 18.0 Å². The Balaban J connectivity index is 1.28. The number of carbonyl (C=O) groups is 2. The average molecular weight is 392 g/mol. The molecular weight excluding hydrogens is 368 g/mol. The van der Waals surface area contributed by atoms with Crippen LogP contribution in [0.3, 0.4) is 0 Å². The van der Waals surface area contributed by atoms with Gasteiger partial charge in [-0.1, -0.05) is 12.1 Å². The zero-order valence-corrected chi connectivity index (χ0v) is 16.3. The number of hydrogen-bond donors (Lipinski definition) is 3. The van der Waals surface area contributed by atoms with E-state index < -0.39 is 6.04 Å². The van der Waals surface area contributed by atoms with Crippen molar-refractivity contribution in [1.82, 2.24) is 20.2 Å². The molecule has 1 aliphatic heterocycles. The molecule has 8 heteroatoms. The predicted octanol–water partition coefficient (Wildman–Crippen LogP) is 2.42. The molecule has 1 saturated heterocycles. The molecule has 1 fully saturated rings. The highest BCUT2D eigenvalue weighted by Gasteiger charge is 2.24. The summed E-state index contributed by atoms with van der Waals surface area (Å²) in [5.74, 6) is 0.663. The number of hydrogen-bond acceptors (Lipinski definition) is 4. The van der Waals surface area contributed by atoms with Crippen LogP contribution in [-0.4, -0.2) is 59.0 Å². The Kier molecular flexibility index (Phi) is 5.33. The zero-order valence-electron chi connectivity index (χ0n) is 16.3. The van der Waals surface area contributed by atoms with Crippen LogP contribution in [-0.2, 0) is 4.79 Å². The lowest BCUT2D eigenvalue weighted by Crippen LogP contribution is -2.54. The van der Waals surface area contributed by atoms with E-state index in [1.165, 1.54) is 0 Å². The van der Waals surface area contributed by atoms with Crippen LogP contribution in [0.2, 0.25) is 0 Å². The van der Waals surface area contributed by atoms with Crippen LogP contribution in [0.25, 0.3) is 10.9 Å². The fourth-order valence-electron chi connectivity index (χ4n) is 3.40. The van der Waals surface area contributed by atoms with Gasteiger partial charge in [0.15, 0.2) is 0 Å². The summed E-state index contributed by atoms with van der Waals surface area (Å²) in [4.78, 5) is 36.4. The van der Waals surface area contributed by atoms with E-state index in [4.69, 9.17) is 0 Å². The van der Waals surface area contributed by atoms with Crippen LogP contribution in [0, 0.1) is 0 Å². The third-order valence-corrected chi connectivity index (χ3v) is 5.10. The Bertz CT molecular complexity index is 995. The lowest BCUT2D eigenvalue weighted by atomic mass is 10.2. The van der Waals surface area contributed by atoms with E-state index in [-0.39, 0.29) is 11.9 Å². The number of urea groups is 1. The van der Waals surface area contributed by atoms with Crippen molar-refractivity contribution in [1.29, 1.82) is 0 Å². The quantitative estimate of drug-likeness (QED) is 0.636. The molecule has 2 aromatic heterocycles. The smallest absolute Gasteiger partial charge is 0.318 e. The van der Waals surface area contributed by atoms with Crippen molar-refractivity contribution in [2.45, 2.75) is 13.0 Å². The summed E-state index contributed by atoms with van der Waals surface area (Å²) in [6.45, 7) is 4.27. The van der Waals surface area contributed by atoms with Crippen LogP contribution in [0.15, 0.2) is 54.9 Å². The van der Waals surface area contributed by atoms with E-state index in [9.17, 15) is 9.59 Å². The normalized spacial score (nSPS) is 15.2. The number of rotatable bonds is 4. The number of benzene rings is 1. The summed E-state index contributed by atoms with van der Waals surface area (Å²) in [6.07, 6.45) is 3.62. The highest BCUT2D eigenvalue weighted by Crippen LogP contribution is 2.18. The van der Waals surface area contributed by atoms with Gasteiger partial charge in [-0.05, 0) is 42.6 Å². The van der Waals surface area contributed by atoms with Gasteiger partial charge in [-0.3, -0.25) is 4.79 Å². The molecule has 8 nitrogen and oxygen atoms in total. The second kappa shape index (κ2) is 8.22. The molecule has 1 aromatic carbocycles. The maximum absolute atomic E-state index is 12.5. The number of aromatic amines is 1. The first-order chi connectivity index (χ1) is 14.1. The van der Waals surface area contributed by atoms with Crippen LogP contribution in [0.1, 0.15) is 6.92 Å². The molecule has 0 saturated carbocycles. The van der Waals surface area contributed by atoms with Crippen LogP contribution in [0.4, 0.5) is 16.3 Å². The van der Waals surface area contributed by atoms with Crippen molar-refractivity contribution < 1.29 is 9.59 Å². The van der Waals surface area contributed by atoms with Gasteiger partial charge in [-0.25, -0.2) is 9.78 Å². The lowest BCUT2D eigenvalue weighted by molar-refractivity contribution is -0.117. The van der Waals surface area contributed by atoms with Gasteiger partial charge in [0.05, 0.1) is 0 Å². The van der Waals surface area contributed by atoms with Crippen molar-refractivity contribution in [2.24, 2.45) is 0 Å². The summed E-state index contributed by atoms with van der Waals surface area (Å²) >= 11 is 0. The third-order valence-electron chi connectivity index (χ3n) is 5.10. The molecule has 3 aromatic rings. The van der Waals surface area contributed by atoms with Crippen LogP contribution in [0.5, 0.6) is 0 Å². The molecule has 4 rings (SSSR count).